The van der Waals surface area contributed by atoms with E-state index in [1.165, 1.54) is 25.7 Å². The second-order valence-corrected chi connectivity index (χ2v) is 5.49. The number of hydrogen-bond donors (Lipinski definition) is 1. The zero-order chi connectivity index (χ0) is 14.6. The van der Waals surface area contributed by atoms with E-state index < -0.39 is 0 Å². The molecule has 0 atom stereocenters. The van der Waals surface area contributed by atoms with Crippen molar-refractivity contribution in [1.82, 2.24) is 10.2 Å². The minimum atomic E-state index is 0.647. The quantitative estimate of drug-likeness (QED) is 0.577. The predicted octanol–water partition coefficient (Wildman–Crippen LogP) is 1.13. The van der Waals surface area contributed by atoms with E-state index in [4.69, 9.17) is 14.2 Å². The fourth-order valence-electron chi connectivity index (χ4n) is 2.66. The topological polar surface area (TPSA) is 43.0 Å². The van der Waals surface area contributed by atoms with Crippen molar-refractivity contribution in [3.63, 3.8) is 0 Å². The molecule has 1 fully saturated rings. The molecule has 20 heavy (non-hydrogen) atoms. The molecule has 1 saturated carbocycles. The van der Waals surface area contributed by atoms with E-state index in [1.807, 2.05) is 0 Å². The summed E-state index contributed by atoms with van der Waals surface area (Å²) in [6.45, 7) is 4.42. The van der Waals surface area contributed by atoms with Gasteiger partial charge in [-0.15, -0.1) is 0 Å². The highest BCUT2D eigenvalue weighted by molar-refractivity contribution is 4.80. The van der Waals surface area contributed by atoms with Crippen LogP contribution in [0.1, 0.15) is 25.7 Å². The maximum atomic E-state index is 5.60. The maximum absolute atomic E-state index is 5.60. The summed E-state index contributed by atoms with van der Waals surface area (Å²) in [5, 5.41) is 3.38. The molecular weight excluding hydrogens is 256 g/mol. The van der Waals surface area contributed by atoms with Crippen molar-refractivity contribution < 1.29 is 14.2 Å². The predicted molar refractivity (Wildman–Crippen MR) is 81.2 cm³/mol. The van der Waals surface area contributed by atoms with Gasteiger partial charge in [-0.2, -0.15) is 0 Å². The fraction of sp³-hybridized carbons (Fsp3) is 1.00. The van der Waals surface area contributed by atoms with Crippen LogP contribution in [0.4, 0.5) is 0 Å². The summed E-state index contributed by atoms with van der Waals surface area (Å²) in [6.07, 6.45) is 5.17. The summed E-state index contributed by atoms with van der Waals surface area (Å²) in [7, 11) is 5.96. The standard InChI is InChI=1S/C15H32N2O3/c1-16-14-4-6-15(7-5-14)17(2)8-9-19-12-13-20-11-10-18-3/h14-16H,4-13H2,1-3H3. The summed E-state index contributed by atoms with van der Waals surface area (Å²) in [5.74, 6) is 0. The first-order valence-corrected chi connectivity index (χ1v) is 7.79. The molecule has 0 bridgehead atoms. The third kappa shape index (κ3) is 7.55. The van der Waals surface area contributed by atoms with Crippen molar-refractivity contribution >= 4 is 0 Å². The first kappa shape index (κ1) is 17.9. The van der Waals surface area contributed by atoms with Gasteiger partial charge < -0.3 is 24.4 Å². The third-order valence-corrected chi connectivity index (χ3v) is 4.12. The summed E-state index contributed by atoms with van der Waals surface area (Å²) < 4.78 is 15.9. The molecule has 1 N–H and O–H groups in total. The van der Waals surface area contributed by atoms with Crippen LogP contribution in [0, 0.1) is 0 Å². The van der Waals surface area contributed by atoms with Crippen LogP contribution in [0.2, 0.25) is 0 Å². The normalized spacial score (nSPS) is 23.4. The molecule has 0 saturated heterocycles. The number of nitrogens with one attached hydrogen (secondary N) is 1. The first-order valence-electron chi connectivity index (χ1n) is 7.79. The molecule has 5 nitrogen and oxygen atoms in total. The lowest BCUT2D eigenvalue weighted by atomic mass is 9.90. The number of ether oxygens (including phenoxy) is 3. The van der Waals surface area contributed by atoms with Gasteiger partial charge in [0.2, 0.25) is 0 Å². The van der Waals surface area contributed by atoms with Gasteiger partial charge in [-0.3, -0.25) is 0 Å². The lowest BCUT2D eigenvalue weighted by Crippen LogP contribution is -2.41. The minimum Gasteiger partial charge on any atom is -0.382 e. The second kappa shape index (κ2) is 11.5. The van der Waals surface area contributed by atoms with E-state index in [1.54, 1.807) is 7.11 Å². The fourth-order valence-corrected chi connectivity index (χ4v) is 2.66. The van der Waals surface area contributed by atoms with Gasteiger partial charge >= 0.3 is 0 Å². The van der Waals surface area contributed by atoms with Crippen LogP contribution in [0.3, 0.4) is 0 Å². The number of methoxy groups -OCH3 is 1. The number of rotatable bonds is 11. The van der Waals surface area contributed by atoms with Crippen LogP contribution in [0.5, 0.6) is 0 Å². The highest BCUT2D eigenvalue weighted by atomic mass is 16.5. The Balaban J connectivity index is 1.94. The number of nitrogens with zero attached hydrogens (tertiary/aromatic N) is 1. The van der Waals surface area contributed by atoms with Crippen LogP contribution < -0.4 is 5.32 Å². The van der Waals surface area contributed by atoms with Gasteiger partial charge in [-0.1, -0.05) is 0 Å². The van der Waals surface area contributed by atoms with Crippen LogP contribution in [0.25, 0.3) is 0 Å². The van der Waals surface area contributed by atoms with Crippen LogP contribution in [-0.2, 0) is 14.2 Å². The average Bonchev–Trinajstić information content (AvgIpc) is 2.50. The molecule has 120 valence electrons. The maximum Gasteiger partial charge on any atom is 0.0701 e. The molecule has 0 aromatic heterocycles. The molecule has 0 aliphatic heterocycles. The zero-order valence-corrected chi connectivity index (χ0v) is 13.4. The summed E-state index contributed by atoms with van der Waals surface area (Å²) in [6, 6.07) is 1.45. The molecular formula is C15H32N2O3. The Bertz CT molecular complexity index is 221. The van der Waals surface area contributed by atoms with Crippen molar-refractivity contribution in [2.45, 2.75) is 37.8 Å². The van der Waals surface area contributed by atoms with Gasteiger partial charge in [-0.25, -0.2) is 0 Å². The molecule has 0 aromatic rings. The Labute approximate surface area is 123 Å². The van der Waals surface area contributed by atoms with Crippen molar-refractivity contribution in [2.75, 3.05) is 60.8 Å². The van der Waals surface area contributed by atoms with E-state index in [0.29, 0.717) is 26.4 Å². The molecule has 1 rings (SSSR count). The molecule has 1 aliphatic rings. The zero-order valence-electron chi connectivity index (χ0n) is 13.4. The molecule has 0 amide bonds. The van der Waals surface area contributed by atoms with Crippen LogP contribution in [-0.4, -0.2) is 77.8 Å². The molecule has 0 heterocycles. The van der Waals surface area contributed by atoms with Gasteiger partial charge in [-0.05, 0) is 39.8 Å². The number of likely N-dealkylation sites (N-methyl/N-ethyl adjacent to an activating group) is 1. The van der Waals surface area contributed by atoms with E-state index in [2.05, 4.69) is 24.3 Å². The molecule has 0 radical (unpaired) electrons. The SMILES string of the molecule is CNC1CCC(N(C)CCOCCOCCOC)CC1. The minimum absolute atomic E-state index is 0.647. The monoisotopic (exact) mass is 288 g/mol. The lowest BCUT2D eigenvalue weighted by molar-refractivity contribution is 0.0172. The second-order valence-electron chi connectivity index (χ2n) is 5.49. The lowest BCUT2D eigenvalue weighted by Gasteiger charge is -2.34. The van der Waals surface area contributed by atoms with Gasteiger partial charge in [0.25, 0.3) is 0 Å². The largest absolute Gasteiger partial charge is 0.382 e. The van der Waals surface area contributed by atoms with Crippen molar-refractivity contribution in [2.24, 2.45) is 0 Å². The van der Waals surface area contributed by atoms with Crippen molar-refractivity contribution in [3.05, 3.63) is 0 Å². The van der Waals surface area contributed by atoms with Gasteiger partial charge in [0, 0.05) is 25.7 Å². The van der Waals surface area contributed by atoms with Crippen LogP contribution in [0.15, 0.2) is 0 Å². The third-order valence-electron chi connectivity index (χ3n) is 4.12. The van der Waals surface area contributed by atoms with E-state index in [9.17, 15) is 0 Å². The molecule has 0 unspecified atom stereocenters. The Morgan fingerprint density at radius 2 is 1.55 bits per heavy atom. The van der Waals surface area contributed by atoms with Gasteiger partial charge in [0.05, 0.1) is 33.0 Å². The highest BCUT2D eigenvalue weighted by Crippen LogP contribution is 2.21. The molecule has 0 aromatic carbocycles. The number of hydrogen-bond acceptors (Lipinski definition) is 5. The van der Waals surface area contributed by atoms with E-state index >= 15 is 0 Å². The Morgan fingerprint density at radius 1 is 0.950 bits per heavy atom. The van der Waals surface area contributed by atoms with Crippen LogP contribution >= 0.6 is 0 Å². The van der Waals surface area contributed by atoms with Gasteiger partial charge in [0.15, 0.2) is 0 Å². The summed E-state index contributed by atoms with van der Waals surface area (Å²) in [5.41, 5.74) is 0. The molecule has 1 aliphatic carbocycles. The van der Waals surface area contributed by atoms with E-state index in [0.717, 1.165) is 25.2 Å². The summed E-state index contributed by atoms with van der Waals surface area (Å²) >= 11 is 0. The average molecular weight is 288 g/mol. The Kier molecular flexibility index (Phi) is 10.2. The highest BCUT2D eigenvalue weighted by Gasteiger charge is 2.22. The Hall–Kier alpha value is -0.200. The van der Waals surface area contributed by atoms with Crippen molar-refractivity contribution in [3.8, 4) is 0 Å². The van der Waals surface area contributed by atoms with E-state index in [-0.39, 0.29) is 0 Å². The Morgan fingerprint density at radius 3 is 2.15 bits per heavy atom. The van der Waals surface area contributed by atoms with Crippen molar-refractivity contribution in [1.29, 1.82) is 0 Å². The molecule has 5 heteroatoms. The smallest absolute Gasteiger partial charge is 0.0701 e. The summed E-state index contributed by atoms with van der Waals surface area (Å²) in [4.78, 5) is 2.44. The van der Waals surface area contributed by atoms with Gasteiger partial charge in [0.1, 0.15) is 0 Å². The molecule has 0 spiro atoms. The first-order chi connectivity index (χ1) is 9.77.